The molecule has 0 radical (unpaired) electrons. The number of hydrogen-bond donors (Lipinski definition) is 0. The molecule has 0 saturated carbocycles. The number of likely N-dealkylation sites (tertiary alicyclic amines) is 1. The van der Waals surface area contributed by atoms with Crippen LogP contribution in [0.15, 0.2) is 105 Å². The lowest BCUT2D eigenvalue weighted by atomic mass is 10.0. The van der Waals surface area contributed by atoms with Gasteiger partial charge in [-0.25, -0.2) is 0 Å². The fraction of sp³-hybridized carbons (Fsp3) is 0.333. The molecule has 0 bridgehead atoms. The highest BCUT2D eigenvalue weighted by Crippen LogP contribution is 2.50. The number of rotatable bonds is 9. The summed E-state index contributed by atoms with van der Waals surface area (Å²) in [4.78, 5) is 15.4. The fourth-order valence-electron chi connectivity index (χ4n) is 6.79. The van der Waals surface area contributed by atoms with Crippen LogP contribution in [0, 0.1) is 0 Å². The van der Waals surface area contributed by atoms with E-state index in [1.165, 1.54) is 68.3 Å². The third kappa shape index (κ3) is 6.48. The topological polar surface area (TPSA) is 13.0 Å². The van der Waals surface area contributed by atoms with E-state index in [1.807, 2.05) is 35.7 Å². The molecule has 0 aliphatic carbocycles. The van der Waals surface area contributed by atoms with Crippen LogP contribution in [-0.4, -0.2) is 62.2 Å². The number of fused-ring (bicyclic) bond motifs is 4. The zero-order valence-electron chi connectivity index (χ0n) is 25.1. The van der Waals surface area contributed by atoms with Gasteiger partial charge in [-0.05, 0) is 106 Å². The van der Waals surface area contributed by atoms with Gasteiger partial charge in [-0.2, -0.15) is 0 Å². The summed E-state index contributed by atoms with van der Waals surface area (Å²) in [6, 6.07) is 30.8. The number of anilines is 4. The maximum Gasteiger partial charge on any atom is 0.0567 e. The number of nitrogens with zero attached hydrogens (tertiary/aromatic N) is 4. The van der Waals surface area contributed by atoms with Gasteiger partial charge in [0.1, 0.15) is 0 Å². The minimum atomic E-state index is 0.628. The van der Waals surface area contributed by atoms with Gasteiger partial charge in [-0.15, -0.1) is 0 Å². The van der Waals surface area contributed by atoms with Crippen LogP contribution < -0.4 is 9.80 Å². The van der Waals surface area contributed by atoms with E-state index in [-0.39, 0.29) is 0 Å². The molecule has 0 unspecified atom stereocenters. The summed E-state index contributed by atoms with van der Waals surface area (Å²) in [5, 5.41) is 1.59. The van der Waals surface area contributed by atoms with Gasteiger partial charge in [-0.3, -0.25) is 0 Å². The molecular weight excluding hydrogens is 623 g/mol. The Balaban J connectivity index is 1.07. The Hall–Kier alpha value is -2.32. The Morgan fingerprint density at radius 2 is 1.09 bits per heavy atom. The largest absolute Gasteiger partial charge is 0.340 e. The molecule has 1 saturated heterocycles. The number of benzene rings is 4. The lowest BCUT2D eigenvalue weighted by molar-refractivity contribution is 0.119. The third-order valence-electron chi connectivity index (χ3n) is 9.03. The molecule has 3 aliphatic heterocycles. The van der Waals surface area contributed by atoms with E-state index in [2.05, 4.69) is 99.4 Å². The Kier molecular flexibility index (Phi) is 9.36. The van der Waals surface area contributed by atoms with Crippen molar-refractivity contribution in [2.45, 2.75) is 51.3 Å². The van der Waals surface area contributed by atoms with E-state index in [4.69, 9.17) is 23.2 Å². The first-order chi connectivity index (χ1) is 21.5. The number of hydrogen-bond acceptors (Lipinski definition) is 6. The first kappa shape index (κ1) is 30.3. The van der Waals surface area contributed by atoms with Crippen LogP contribution in [0.25, 0.3) is 0 Å². The highest BCUT2D eigenvalue weighted by Gasteiger charge is 2.27. The quantitative estimate of drug-likeness (QED) is 0.176. The molecule has 1 fully saturated rings. The fourth-order valence-corrected chi connectivity index (χ4v) is 9.27. The van der Waals surface area contributed by atoms with Gasteiger partial charge >= 0.3 is 0 Å². The van der Waals surface area contributed by atoms with Gasteiger partial charge in [0.15, 0.2) is 0 Å². The summed E-state index contributed by atoms with van der Waals surface area (Å²) in [5.41, 5.74) is 5.03. The van der Waals surface area contributed by atoms with Gasteiger partial charge in [0.2, 0.25) is 0 Å². The molecule has 0 aromatic heterocycles. The predicted molar refractivity (Wildman–Crippen MR) is 189 cm³/mol. The van der Waals surface area contributed by atoms with Crippen LogP contribution in [0.5, 0.6) is 0 Å². The van der Waals surface area contributed by atoms with E-state index < -0.39 is 0 Å². The average molecular weight is 662 g/mol. The zero-order valence-corrected chi connectivity index (χ0v) is 28.2. The molecule has 4 aromatic carbocycles. The van der Waals surface area contributed by atoms with Crippen molar-refractivity contribution in [3.63, 3.8) is 0 Å². The van der Waals surface area contributed by atoms with Crippen molar-refractivity contribution in [3.8, 4) is 0 Å². The van der Waals surface area contributed by atoms with E-state index in [1.54, 1.807) is 0 Å². The smallest absolute Gasteiger partial charge is 0.0567 e. The van der Waals surface area contributed by atoms with Gasteiger partial charge in [0.25, 0.3) is 0 Å². The second-order valence-corrected chi connectivity index (χ2v) is 15.0. The van der Waals surface area contributed by atoms with E-state index in [0.717, 1.165) is 49.1 Å². The Bertz CT molecular complexity index is 1510. The maximum atomic E-state index is 6.50. The summed E-state index contributed by atoms with van der Waals surface area (Å²) in [7, 11) is 2.25. The van der Waals surface area contributed by atoms with Crippen LogP contribution in [0.4, 0.5) is 22.7 Å². The molecule has 44 heavy (non-hydrogen) atoms. The first-order valence-electron chi connectivity index (χ1n) is 15.6. The maximum absolute atomic E-state index is 6.50. The number of para-hydroxylation sites is 2. The van der Waals surface area contributed by atoms with Crippen molar-refractivity contribution in [3.05, 3.63) is 95.0 Å². The second-order valence-electron chi connectivity index (χ2n) is 11.9. The molecule has 8 heteroatoms. The predicted octanol–water partition coefficient (Wildman–Crippen LogP) is 10.1. The van der Waals surface area contributed by atoms with E-state index in [9.17, 15) is 0 Å². The minimum Gasteiger partial charge on any atom is -0.340 e. The number of piperidine rings is 1. The summed E-state index contributed by atoms with van der Waals surface area (Å²) in [6.45, 7) is 6.46. The Morgan fingerprint density at radius 1 is 0.636 bits per heavy atom. The van der Waals surface area contributed by atoms with Gasteiger partial charge < -0.3 is 19.6 Å². The molecule has 3 heterocycles. The Labute approximate surface area is 280 Å². The number of halogens is 2. The van der Waals surface area contributed by atoms with Gasteiger partial charge in [-0.1, -0.05) is 71.0 Å². The lowest BCUT2D eigenvalue weighted by Gasteiger charge is -2.39. The molecule has 0 N–H and O–H groups in total. The van der Waals surface area contributed by atoms with Gasteiger partial charge in [0, 0.05) is 61.8 Å². The third-order valence-corrected chi connectivity index (χ3v) is 11.8. The molecular formula is C36H38Cl2N4S2. The summed E-state index contributed by atoms with van der Waals surface area (Å²) >= 11 is 16.7. The van der Waals surface area contributed by atoms with E-state index in [0.29, 0.717) is 6.04 Å². The lowest BCUT2D eigenvalue weighted by Crippen LogP contribution is -2.45. The van der Waals surface area contributed by atoms with E-state index >= 15 is 0 Å². The van der Waals surface area contributed by atoms with Crippen LogP contribution in [0.2, 0.25) is 10.0 Å². The zero-order chi connectivity index (χ0) is 30.0. The normalized spacial score (nSPS) is 16.5. The highest BCUT2D eigenvalue weighted by atomic mass is 35.5. The summed E-state index contributed by atoms with van der Waals surface area (Å²) in [6.07, 6.45) is 4.66. The summed E-state index contributed by atoms with van der Waals surface area (Å²) < 4.78 is 0. The summed E-state index contributed by atoms with van der Waals surface area (Å²) in [5.74, 6) is 0. The van der Waals surface area contributed by atoms with Crippen LogP contribution in [0.1, 0.15) is 25.7 Å². The van der Waals surface area contributed by atoms with Crippen molar-refractivity contribution in [1.82, 2.24) is 9.80 Å². The van der Waals surface area contributed by atoms with Crippen LogP contribution in [-0.2, 0) is 0 Å². The first-order valence-corrected chi connectivity index (χ1v) is 18.0. The Morgan fingerprint density at radius 3 is 1.59 bits per heavy atom. The SMILES string of the molecule is CN1CCC(N(CCCN2c3ccccc3Sc3ccc(Cl)cc32)CCCN2c3ccccc3Sc3ccc(Cl)cc32)CC1. The van der Waals surface area contributed by atoms with Crippen LogP contribution in [0.3, 0.4) is 0 Å². The van der Waals surface area contributed by atoms with Crippen molar-refractivity contribution in [2.75, 3.05) is 56.1 Å². The average Bonchev–Trinajstić information content (AvgIpc) is 3.04. The molecule has 4 nitrogen and oxygen atoms in total. The molecule has 0 spiro atoms. The standard InChI is InChI=1S/C36H38Cl2N4S2/c1-39-22-16-28(17-23-39)40(18-6-20-41-29-8-2-4-10-33(29)43-35-14-12-26(37)24-31(35)41)19-7-21-42-30-9-3-5-11-34(30)44-36-15-13-27(38)25-32(36)42/h2-5,8-15,24-25,28H,6-7,16-23H2,1H3. The van der Waals surface area contributed by atoms with Crippen molar-refractivity contribution < 1.29 is 0 Å². The molecule has 3 aliphatic rings. The second kappa shape index (κ2) is 13.6. The van der Waals surface area contributed by atoms with Crippen LogP contribution >= 0.6 is 46.7 Å². The molecule has 7 rings (SSSR count). The monoisotopic (exact) mass is 660 g/mol. The molecule has 0 amide bonds. The molecule has 0 atom stereocenters. The van der Waals surface area contributed by atoms with Gasteiger partial charge in [0.05, 0.1) is 22.7 Å². The van der Waals surface area contributed by atoms with Crippen molar-refractivity contribution in [1.29, 1.82) is 0 Å². The van der Waals surface area contributed by atoms with Crippen molar-refractivity contribution in [2.24, 2.45) is 0 Å². The highest BCUT2D eigenvalue weighted by molar-refractivity contribution is 8.00. The minimum absolute atomic E-state index is 0.628. The molecule has 4 aromatic rings. The van der Waals surface area contributed by atoms with Crippen molar-refractivity contribution >= 4 is 69.5 Å². The molecule has 228 valence electrons.